The first-order valence-corrected chi connectivity index (χ1v) is 6.70. The van der Waals surface area contributed by atoms with Crippen LogP contribution in [-0.4, -0.2) is 58.4 Å². The third-order valence-electron chi connectivity index (χ3n) is 3.36. The average Bonchev–Trinajstić information content (AvgIpc) is 2.99. The predicted molar refractivity (Wildman–Crippen MR) is 73.5 cm³/mol. The summed E-state index contributed by atoms with van der Waals surface area (Å²) >= 11 is 2.95. The Hall–Kier alpha value is -1.53. The predicted octanol–water partition coefficient (Wildman–Crippen LogP) is -2.06. The number of hydrogen-bond donors (Lipinski definition) is 4. The number of hydrogen-bond acceptors (Lipinski definition) is 8. The molecule has 0 aliphatic carbocycles. The highest BCUT2D eigenvalue weighted by Gasteiger charge is 2.44. The second-order valence-electron chi connectivity index (χ2n) is 4.61. The maximum atomic E-state index is 12.0. The van der Waals surface area contributed by atoms with Gasteiger partial charge in [-0.15, -0.1) is 0 Å². The second-order valence-corrected chi connectivity index (χ2v) is 5.32. The van der Waals surface area contributed by atoms with E-state index >= 15 is 0 Å². The molecule has 3 rings (SSSR count). The first-order chi connectivity index (χ1) is 9.95. The summed E-state index contributed by atoms with van der Waals surface area (Å²) in [6.45, 7) is -0.453. The summed E-state index contributed by atoms with van der Waals surface area (Å²) in [5, 5.41) is 28.9. The first kappa shape index (κ1) is 14.4. The monoisotopic (exact) mass is 361 g/mol. The number of aromatic nitrogens is 4. The van der Waals surface area contributed by atoms with Crippen LogP contribution in [0.25, 0.3) is 11.2 Å². The van der Waals surface area contributed by atoms with Crippen LogP contribution in [0, 0.1) is 0 Å². The molecule has 0 bridgehead atoms. The summed E-state index contributed by atoms with van der Waals surface area (Å²) in [7, 11) is 0. The zero-order valence-electron chi connectivity index (χ0n) is 10.5. The van der Waals surface area contributed by atoms with E-state index in [-0.39, 0.29) is 17.1 Å². The van der Waals surface area contributed by atoms with E-state index in [9.17, 15) is 15.0 Å². The molecule has 11 heteroatoms. The Morgan fingerprint density at radius 1 is 1.43 bits per heavy atom. The van der Waals surface area contributed by atoms with Crippen LogP contribution in [0.15, 0.2) is 11.1 Å². The molecular weight excluding hydrogens is 350 g/mol. The molecule has 0 radical (unpaired) electrons. The van der Waals surface area contributed by atoms with Crippen LogP contribution >= 0.6 is 16.1 Å². The third-order valence-corrected chi connectivity index (χ3v) is 4.05. The highest BCUT2D eigenvalue weighted by atomic mass is 79.9. The first-order valence-electron chi connectivity index (χ1n) is 5.99. The van der Waals surface area contributed by atoms with Crippen LogP contribution in [0.3, 0.4) is 0 Å². The summed E-state index contributed by atoms with van der Waals surface area (Å²) in [6, 6.07) is 0. The number of rotatable bonds is 2. The maximum Gasteiger partial charge on any atom is 0.293 e. The van der Waals surface area contributed by atoms with Gasteiger partial charge in [0.1, 0.15) is 18.3 Å². The van der Waals surface area contributed by atoms with E-state index < -0.39 is 36.7 Å². The molecule has 21 heavy (non-hydrogen) atoms. The normalized spacial score (nSPS) is 29.3. The number of nitrogens with zero attached hydrogens (tertiary/aromatic N) is 4. The van der Waals surface area contributed by atoms with E-state index in [1.54, 1.807) is 0 Å². The van der Waals surface area contributed by atoms with E-state index in [1.807, 2.05) is 0 Å². The zero-order chi connectivity index (χ0) is 15.3. The van der Waals surface area contributed by atoms with Crippen LogP contribution in [0.5, 0.6) is 0 Å². The molecule has 1 aliphatic rings. The summed E-state index contributed by atoms with van der Waals surface area (Å²) < 4.78 is 7.63. The van der Waals surface area contributed by atoms with Crippen molar-refractivity contribution in [2.24, 2.45) is 0 Å². The molecule has 0 amide bonds. The van der Waals surface area contributed by atoms with Gasteiger partial charge in [0, 0.05) is 0 Å². The van der Waals surface area contributed by atoms with E-state index in [0.717, 1.165) is 3.59 Å². The smallest absolute Gasteiger partial charge is 0.293 e. The number of nitrogens with two attached hydrogens (primary N) is 1. The van der Waals surface area contributed by atoms with Crippen LogP contribution in [-0.2, 0) is 4.74 Å². The van der Waals surface area contributed by atoms with Gasteiger partial charge in [-0.3, -0.25) is 9.36 Å². The number of anilines is 1. The highest BCUT2D eigenvalue weighted by molar-refractivity contribution is 9.08. The lowest BCUT2D eigenvalue weighted by molar-refractivity contribution is -0.0511. The molecule has 1 fully saturated rings. The number of ether oxygens (including phenoxy) is 1. The third kappa shape index (κ3) is 2.05. The van der Waals surface area contributed by atoms with Gasteiger partial charge in [0.25, 0.3) is 5.56 Å². The Kier molecular flexibility index (Phi) is 3.45. The Morgan fingerprint density at radius 2 is 2.14 bits per heavy atom. The molecule has 0 saturated carbocycles. The largest absolute Gasteiger partial charge is 0.394 e. The van der Waals surface area contributed by atoms with Gasteiger partial charge in [0.05, 0.1) is 29.1 Å². The fraction of sp³-hybridized carbons (Fsp3) is 0.500. The Balaban J connectivity index is 2.12. The molecule has 5 N–H and O–H groups in total. The molecule has 2 aromatic rings. The minimum atomic E-state index is -1.30. The van der Waals surface area contributed by atoms with Gasteiger partial charge in [0.15, 0.2) is 17.4 Å². The number of aliphatic hydroxyl groups is 3. The molecule has 1 saturated heterocycles. The van der Waals surface area contributed by atoms with Crippen LogP contribution in [0.2, 0.25) is 0 Å². The van der Waals surface area contributed by atoms with Crippen molar-refractivity contribution in [3.63, 3.8) is 0 Å². The molecular formula is C10H12BrN5O5. The quantitative estimate of drug-likeness (QED) is 0.477. The molecule has 0 aromatic carbocycles. The van der Waals surface area contributed by atoms with Crippen molar-refractivity contribution < 1.29 is 20.1 Å². The summed E-state index contributed by atoms with van der Waals surface area (Å²) in [5.41, 5.74) is 5.23. The average molecular weight is 362 g/mol. The Bertz CT molecular complexity index is 745. The van der Waals surface area contributed by atoms with Crippen molar-refractivity contribution in [2.45, 2.75) is 24.5 Å². The van der Waals surface area contributed by atoms with Gasteiger partial charge in [-0.1, -0.05) is 0 Å². The molecule has 1 aliphatic heterocycles. The van der Waals surface area contributed by atoms with E-state index in [1.165, 1.54) is 10.9 Å². The van der Waals surface area contributed by atoms with Gasteiger partial charge >= 0.3 is 0 Å². The van der Waals surface area contributed by atoms with Gasteiger partial charge in [-0.05, 0) is 0 Å². The van der Waals surface area contributed by atoms with Crippen molar-refractivity contribution in [3.8, 4) is 0 Å². The zero-order valence-corrected chi connectivity index (χ0v) is 12.1. The second kappa shape index (κ2) is 5.03. The lowest BCUT2D eigenvalue weighted by atomic mass is 10.1. The summed E-state index contributed by atoms with van der Waals surface area (Å²) in [5.74, 6) is -0.0963. The minimum absolute atomic E-state index is 0.0267. The number of imidazole rings is 1. The van der Waals surface area contributed by atoms with Gasteiger partial charge in [-0.2, -0.15) is 4.98 Å². The van der Waals surface area contributed by atoms with E-state index in [0.29, 0.717) is 0 Å². The van der Waals surface area contributed by atoms with Crippen molar-refractivity contribution in [1.82, 2.24) is 18.1 Å². The number of fused-ring (bicyclic) bond motifs is 1. The fourth-order valence-corrected chi connectivity index (χ4v) is 2.51. The van der Waals surface area contributed by atoms with Crippen molar-refractivity contribution in [2.75, 3.05) is 12.3 Å². The standard InChI is InChI=1S/C10H12BrN5O5/c11-16-8(20)4-7(14-10(16)12)15(2-13-4)9-6(19)5(18)3(1-17)21-9/h2-3,5-6,9,17-19H,1H2,(H2,12,14)/t3-,5-,6-,9-/m1/s1. The molecule has 2 aromatic heterocycles. The van der Waals surface area contributed by atoms with E-state index in [4.69, 9.17) is 15.6 Å². The van der Waals surface area contributed by atoms with Gasteiger partial charge in [0.2, 0.25) is 5.95 Å². The number of nitrogen functional groups attached to an aromatic ring is 1. The molecule has 10 nitrogen and oxygen atoms in total. The van der Waals surface area contributed by atoms with Crippen molar-refractivity contribution in [1.29, 1.82) is 0 Å². The molecule has 0 spiro atoms. The number of halogens is 1. The molecule has 3 heterocycles. The van der Waals surface area contributed by atoms with Gasteiger partial charge < -0.3 is 25.8 Å². The van der Waals surface area contributed by atoms with Crippen LogP contribution in [0.1, 0.15) is 6.23 Å². The lowest BCUT2D eigenvalue weighted by Gasteiger charge is -2.16. The van der Waals surface area contributed by atoms with Crippen LogP contribution in [0.4, 0.5) is 5.95 Å². The molecule has 0 unspecified atom stereocenters. The highest BCUT2D eigenvalue weighted by Crippen LogP contribution is 2.30. The SMILES string of the molecule is Nc1nc2c(ncn2[C@@H]2O[C@H](CO)[C@@H](O)[C@H]2O)c(=O)n1Br. The maximum absolute atomic E-state index is 12.0. The summed E-state index contributed by atoms with van der Waals surface area (Å²) in [6.07, 6.45) is -3.26. The lowest BCUT2D eigenvalue weighted by Crippen LogP contribution is -2.33. The van der Waals surface area contributed by atoms with Crippen molar-refractivity contribution >= 4 is 33.3 Å². The minimum Gasteiger partial charge on any atom is -0.394 e. The Morgan fingerprint density at radius 3 is 2.76 bits per heavy atom. The topological polar surface area (TPSA) is 149 Å². The van der Waals surface area contributed by atoms with Crippen molar-refractivity contribution in [3.05, 3.63) is 16.7 Å². The molecule has 4 atom stereocenters. The van der Waals surface area contributed by atoms with Gasteiger partial charge in [-0.25, -0.2) is 8.58 Å². The van der Waals surface area contributed by atoms with E-state index in [2.05, 4.69) is 26.1 Å². The number of aliphatic hydroxyl groups excluding tert-OH is 3. The van der Waals surface area contributed by atoms with Crippen LogP contribution < -0.4 is 11.3 Å². The summed E-state index contributed by atoms with van der Waals surface area (Å²) in [4.78, 5) is 19.9. The Labute approximate surface area is 125 Å². The molecule has 114 valence electrons. The fourth-order valence-electron chi connectivity index (χ4n) is 2.26.